The topological polar surface area (TPSA) is 116 Å². The molecule has 3 fully saturated rings. The third-order valence-corrected chi connectivity index (χ3v) is 10.6. The minimum absolute atomic E-state index is 0.0319. The molecular weight excluding hydrogens is 670 g/mol. The molecule has 52 heavy (non-hydrogen) atoms. The van der Waals surface area contributed by atoms with Crippen LogP contribution in [0.15, 0.2) is 66.9 Å². The summed E-state index contributed by atoms with van der Waals surface area (Å²) >= 11 is 0. The zero-order valence-corrected chi connectivity index (χ0v) is 28.7. The third kappa shape index (κ3) is 6.72. The molecule has 3 aliphatic heterocycles. The van der Waals surface area contributed by atoms with Crippen LogP contribution in [-0.2, 0) is 25.5 Å². The number of amides is 1. The van der Waals surface area contributed by atoms with Crippen LogP contribution in [0.25, 0.3) is 32.8 Å². The van der Waals surface area contributed by atoms with Gasteiger partial charge in [-0.25, -0.2) is 23.2 Å². The monoisotopic (exact) mass is 710 g/mol. The molecule has 0 spiro atoms. The molecule has 1 amide bonds. The van der Waals surface area contributed by atoms with Gasteiger partial charge in [-0.2, -0.15) is 5.10 Å². The van der Waals surface area contributed by atoms with Gasteiger partial charge < -0.3 is 24.2 Å². The number of aliphatic carboxylic acids is 1. The lowest BCUT2D eigenvalue weighted by Crippen LogP contribution is -2.43. The van der Waals surface area contributed by atoms with Gasteiger partial charge in [0, 0.05) is 67.4 Å². The van der Waals surface area contributed by atoms with Crippen LogP contribution >= 0.6 is 0 Å². The summed E-state index contributed by atoms with van der Waals surface area (Å²) in [6.45, 7) is 2.09. The first-order valence-electron chi connectivity index (χ1n) is 18.0. The SMILES string of the molecule is O=C(O)C(Cc1ccccc1)N1CC(COc2nc(C3CCOCC3)c(-c3ccc(F)c(F)c3)c3cc4cnn(C5CCCCO5)c4cc23)CC1=O. The van der Waals surface area contributed by atoms with Crippen LogP contribution in [0.2, 0.25) is 0 Å². The lowest BCUT2D eigenvalue weighted by Gasteiger charge is -2.27. The summed E-state index contributed by atoms with van der Waals surface area (Å²) in [7, 11) is 0. The van der Waals surface area contributed by atoms with E-state index >= 15 is 0 Å². The van der Waals surface area contributed by atoms with Crippen molar-refractivity contribution in [3.8, 4) is 17.0 Å². The van der Waals surface area contributed by atoms with Crippen LogP contribution in [0, 0.1) is 17.6 Å². The number of ether oxygens (including phenoxy) is 3. The van der Waals surface area contributed by atoms with Crippen LogP contribution in [0.1, 0.15) is 61.9 Å². The second-order valence-corrected chi connectivity index (χ2v) is 14.0. The molecule has 3 aromatic carbocycles. The first-order valence-corrected chi connectivity index (χ1v) is 18.0. The van der Waals surface area contributed by atoms with E-state index in [1.807, 2.05) is 47.1 Å². The molecule has 10 nitrogen and oxygen atoms in total. The van der Waals surface area contributed by atoms with E-state index < -0.39 is 23.6 Å². The van der Waals surface area contributed by atoms with E-state index in [0.717, 1.165) is 47.2 Å². The fourth-order valence-electron chi connectivity index (χ4n) is 7.90. The Balaban J connectivity index is 1.19. The predicted molar refractivity (Wildman–Crippen MR) is 189 cm³/mol. The summed E-state index contributed by atoms with van der Waals surface area (Å²) in [5, 5.41) is 17.1. The average molecular weight is 711 g/mol. The number of carboxylic acids is 1. The Morgan fingerprint density at radius 3 is 2.56 bits per heavy atom. The van der Waals surface area contributed by atoms with E-state index in [-0.39, 0.29) is 50.0 Å². The first kappa shape index (κ1) is 34.2. The van der Waals surface area contributed by atoms with Crippen LogP contribution in [0.3, 0.4) is 0 Å². The highest BCUT2D eigenvalue weighted by molar-refractivity contribution is 6.07. The summed E-state index contributed by atoms with van der Waals surface area (Å²) in [4.78, 5) is 32.2. The molecule has 5 aromatic rings. The van der Waals surface area contributed by atoms with E-state index in [0.29, 0.717) is 60.7 Å². The van der Waals surface area contributed by atoms with Gasteiger partial charge in [0.15, 0.2) is 17.9 Å². The fourth-order valence-corrected chi connectivity index (χ4v) is 7.90. The van der Waals surface area contributed by atoms with Gasteiger partial charge in [0.2, 0.25) is 11.8 Å². The van der Waals surface area contributed by atoms with E-state index in [1.165, 1.54) is 11.0 Å². The molecule has 0 radical (unpaired) electrons. The Kier molecular flexibility index (Phi) is 9.59. The lowest BCUT2D eigenvalue weighted by molar-refractivity contribution is -0.148. The summed E-state index contributed by atoms with van der Waals surface area (Å²) in [5.41, 5.74) is 3.57. The van der Waals surface area contributed by atoms with E-state index in [2.05, 4.69) is 0 Å². The second-order valence-electron chi connectivity index (χ2n) is 14.0. The molecule has 0 aliphatic carbocycles. The number of pyridine rings is 1. The number of hydrogen-bond acceptors (Lipinski definition) is 7. The summed E-state index contributed by atoms with van der Waals surface area (Å²) in [6.07, 6.45) is 6.15. The molecule has 8 rings (SSSR count). The zero-order valence-electron chi connectivity index (χ0n) is 28.7. The molecule has 0 bridgehead atoms. The first-order chi connectivity index (χ1) is 25.3. The molecular formula is C40H40F2N4O6. The normalized spacial score (nSPS) is 20.5. The predicted octanol–water partition coefficient (Wildman–Crippen LogP) is 7.05. The Morgan fingerprint density at radius 1 is 0.981 bits per heavy atom. The van der Waals surface area contributed by atoms with Crippen molar-refractivity contribution in [1.29, 1.82) is 0 Å². The van der Waals surface area contributed by atoms with Gasteiger partial charge in [0.05, 0.1) is 24.0 Å². The number of carboxylic acid groups (broad SMARTS) is 1. The maximum atomic E-state index is 14.8. The minimum atomic E-state index is -1.05. The van der Waals surface area contributed by atoms with Crippen molar-refractivity contribution in [2.45, 2.75) is 63.1 Å². The van der Waals surface area contributed by atoms with Crippen LogP contribution in [-0.4, -0.2) is 75.7 Å². The highest BCUT2D eigenvalue weighted by Gasteiger charge is 2.38. The summed E-state index contributed by atoms with van der Waals surface area (Å²) in [5.74, 6) is -3.12. The molecule has 2 aromatic heterocycles. The van der Waals surface area contributed by atoms with Crippen LogP contribution < -0.4 is 4.74 Å². The molecule has 270 valence electrons. The fraction of sp³-hybridized carbons (Fsp3) is 0.400. The van der Waals surface area contributed by atoms with Crippen molar-refractivity contribution >= 4 is 33.6 Å². The Labute approximate surface area is 299 Å². The second kappa shape index (κ2) is 14.6. The number of nitrogens with zero attached hydrogens (tertiary/aromatic N) is 4. The number of rotatable bonds is 10. The maximum Gasteiger partial charge on any atom is 0.326 e. The maximum absolute atomic E-state index is 14.8. The standard InChI is InChI=1S/C40H40F2N4O6/c41-31-10-9-27(19-32(31)42)37-29-18-28-21-43-46(36-8-4-5-13-51-36)33(28)20-30(29)39(44-38(37)26-11-14-50-15-12-26)52-23-25-17-35(47)45(22-25)34(40(48)49)16-24-6-2-1-3-7-24/h1-3,6-7,9-10,18-21,25-26,34,36H,4-5,8,11-17,22-23H2,(H,48,49). The van der Waals surface area contributed by atoms with Gasteiger partial charge in [-0.1, -0.05) is 36.4 Å². The van der Waals surface area contributed by atoms with Crippen molar-refractivity contribution < 1.29 is 37.7 Å². The van der Waals surface area contributed by atoms with Gasteiger partial charge in [-0.3, -0.25) is 4.79 Å². The van der Waals surface area contributed by atoms with E-state index in [4.69, 9.17) is 24.3 Å². The summed E-state index contributed by atoms with van der Waals surface area (Å²) < 4.78 is 49.3. The van der Waals surface area contributed by atoms with Crippen LogP contribution in [0.5, 0.6) is 5.88 Å². The third-order valence-electron chi connectivity index (χ3n) is 10.6. The number of fused-ring (bicyclic) bond motifs is 2. The molecule has 3 atom stereocenters. The van der Waals surface area contributed by atoms with Crippen molar-refractivity contribution in [1.82, 2.24) is 19.7 Å². The molecule has 12 heteroatoms. The van der Waals surface area contributed by atoms with Gasteiger partial charge in [0.25, 0.3) is 0 Å². The highest BCUT2D eigenvalue weighted by Crippen LogP contribution is 2.44. The molecule has 1 N–H and O–H groups in total. The highest BCUT2D eigenvalue weighted by atomic mass is 19.2. The summed E-state index contributed by atoms with van der Waals surface area (Å²) in [6, 6.07) is 16.2. The number of likely N-dealkylation sites (tertiary alicyclic amines) is 1. The van der Waals surface area contributed by atoms with Crippen LogP contribution in [0.4, 0.5) is 8.78 Å². The number of carbonyl (C=O) groups is 2. The molecule has 3 unspecified atom stereocenters. The van der Waals surface area contributed by atoms with Gasteiger partial charge in [-0.05, 0) is 72.9 Å². The van der Waals surface area contributed by atoms with E-state index in [1.54, 1.807) is 12.3 Å². The number of carbonyl (C=O) groups excluding carboxylic acids is 1. The lowest BCUT2D eigenvalue weighted by atomic mass is 9.87. The molecule has 3 aliphatic rings. The zero-order chi connectivity index (χ0) is 35.8. The van der Waals surface area contributed by atoms with Gasteiger partial charge >= 0.3 is 5.97 Å². The van der Waals surface area contributed by atoms with Crippen molar-refractivity contribution in [2.75, 3.05) is 33.0 Å². The number of benzene rings is 3. The largest absolute Gasteiger partial charge is 0.480 e. The molecule has 0 saturated carbocycles. The number of hydrogen-bond donors (Lipinski definition) is 1. The molecule has 5 heterocycles. The Bertz CT molecular complexity index is 2110. The number of halogens is 2. The van der Waals surface area contributed by atoms with Gasteiger partial charge in [0.1, 0.15) is 6.04 Å². The van der Waals surface area contributed by atoms with Crippen molar-refractivity contribution in [3.05, 3.63) is 89.8 Å². The minimum Gasteiger partial charge on any atom is -0.480 e. The van der Waals surface area contributed by atoms with Crippen molar-refractivity contribution in [3.63, 3.8) is 0 Å². The average Bonchev–Trinajstić information content (AvgIpc) is 3.76. The van der Waals surface area contributed by atoms with E-state index in [9.17, 15) is 23.5 Å². The Hall–Kier alpha value is -4.94. The van der Waals surface area contributed by atoms with Crippen molar-refractivity contribution in [2.24, 2.45) is 5.92 Å². The number of aromatic nitrogens is 3. The van der Waals surface area contributed by atoms with Gasteiger partial charge in [-0.15, -0.1) is 0 Å². The smallest absolute Gasteiger partial charge is 0.326 e. The quantitative estimate of drug-likeness (QED) is 0.164. The Morgan fingerprint density at radius 2 is 1.81 bits per heavy atom. The molecule has 3 saturated heterocycles.